The number of nitrogens with zero attached hydrogens (tertiary/aromatic N) is 2. The van der Waals surface area contributed by atoms with Crippen molar-refractivity contribution >= 4 is 23.5 Å². The molecule has 2 fully saturated rings. The number of pyridine rings is 2. The van der Waals surface area contributed by atoms with Crippen LogP contribution in [0, 0.1) is 11.8 Å². The highest BCUT2D eigenvalue weighted by atomic mass is 32.2. The molecule has 6 atom stereocenters. The van der Waals surface area contributed by atoms with Crippen LogP contribution in [-0.4, -0.2) is 26.8 Å². The minimum atomic E-state index is -0.242. The zero-order chi connectivity index (χ0) is 21.2. The van der Waals surface area contributed by atoms with Crippen LogP contribution in [0.15, 0.2) is 73.1 Å². The summed E-state index contributed by atoms with van der Waals surface area (Å²) in [7, 11) is 1.85. The Hall–Kier alpha value is -1.56. The van der Waals surface area contributed by atoms with Crippen molar-refractivity contribution in [3.05, 3.63) is 84.5 Å². The Bertz CT molecular complexity index is 960. The number of hydrogen-bond acceptors (Lipinski definition) is 5. The first kappa shape index (κ1) is 20.1. The van der Waals surface area contributed by atoms with Gasteiger partial charge >= 0.3 is 0 Å². The Morgan fingerprint density at radius 1 is 0.903 bits per heavy atom. The SMILES string of the molecule is CCC12C=CC(C1)C(CC1(c3ccccn3)SC3(OC)C=CC1C3)(c1ccccn1)S2. The highest BCUT2D eigenvalue weighted by molar-refractivity contribution is 8.03. The summed E-state index contributed by atoms with van der Waals surface area (Å²) in [5, 5.41) is 0. The predicted molar refractivity (Wildman–Crippen MR) is 129 cm³/mol. The summed E-state index contributed by atoms with van der Waals surface area (Å²) in [4.78, 5) is 9.63. The molecule has 0 amide bonds. The summed E-state index contributed by atoms with van der Waals surface area (Å²) in [6.07, 6.45) is 17.9. The van der Waals surface area contributed by atoms with E-state index < -0.39 is 0 Å². The molecule has 4 aliphatic rings. The molecule has 4 heterocycles. The maximum atomic E-state index is 6.08. The number of thioether (sulfide) groups is 2. The van der Waals surface area contributed by atoms with Crippen molar-refractivity contribution < 1.29 is 4.74 Å². The van der Waals surface area contributed by atoms with Gasteiger partial charge in [0, 0.05) is 30.2 Å². The lowest BCUT2D eigenvalue weighted by Gasteiger charge is -2.45. The van der Waals surface area contributed by atoms with Crippen LogP contribution in [0.5, 0.6) is 0 Å². The van der Waals surface area contributed by atoms with Crippen molar-refractivity contribution in [2.75, 3.05) is 7.11 Å². The van der Waals surface area contributed by atoms with Crippen LogP contribution in [0.4, 0.5) is 0 Å². The number of ether oxygens (including phenoxy) is 1. The third kappa shape index (κ3) is 2.79. The summed E-state index contributed by atoms with van der Waals surface area (Å²) in [5.74, 6) is 0.907. The molecule has 2 aromatic rings. The third-order valence-electron chi connectivity index (χ3n) is 7.89. The molecule has 3 nitrogen and oxygen atoms in total. The summed E-state index contributed by atoms with van der Waals surface area (Å²) in [5.41, 5.74) is 2.40. The first-order valence-electron chi connectivity index (χ1n) is 11.2. The number of aromatic nitrogens is 2. The van der Waals surface area contributed by atoms with Crippen molar-refractivity contribution in [3.8, 4) is 0 Å². The van der Waals surface area contributed by atoms with E-state index in [-0.39, 0.29) is 19.2 Å². The second-order valence-corrected chi connectivity index (χ2v) is 12.7. The van der Waals surface area contributed by atoms with Gasteiger partial charge in [-0.25, -0.2) is 0 Å². The number of allylic oxidation sites excluding steroid dienone is 2. The highest BCUT2D eigenvalue weighted by Gasteiger charge is 2.66. The summed E-state index contributed by atoms with van der Waals surface area (Å²) >= 11 is 4.15. The zero-order valence-corrected chi connectivity index (χ0v) is 19.7. The topological polar surface area (TPSA) is 35.0 Å². The van der Waals surface area contributed by atoms with Gasteiger partial charge in [-0.1, -0.05) is 37.3 Å². The molecule has 160 valence electrons. The molecule has 0 aromatic carbocycles. The van der Waals surface area contributed by atoms with E-state index in [1.54, 1.807) is 0 Å². The van der Waals surface area contributed by atoms with E-state index in [0.717, 1.165) is 19.3 Å². The minimum absolute atomic E-state index is 0.0518. The van der Waals surface area contributed by atoms with Crippen molar-refractivity contribution in [2.24, 2.45) is 11.8 Å². The monoisotopic (exact) mass is 448 g/mol. The standard InChI is InChI=1S/C26H28N2OS2/c1-3-23-12-10-19(16-23)25(30-23,21-8-4-6-14-27-21)18-26(22-9-5-7-15-28-22)20-11-13-24(17-20,29-2)31-26/h4-15,19-20H,3,16-18H2,1-2H3. The minimum Gasteiger partial charge on any atom is -0.364 e. The summed E-state index contributed by atoms with van der Waals surface area (Å²) in [6.45, 7) is 2.33. The number of hydrogen-bond donors (Lipinski definition) is 0. The van der Waals surface area contributed by atoms with Crippen LogP contribution >= 0.6 is 23.5 Å². The van der Waals surface area contributed by atoms with Gasteiger partial charge in [-0.3, -0.25) is 9.97 Å². The highest BCUT2D eigenvalue weighted by Crippen LogP contribution is 2.73. The second-order valence-electron chi connectivity index (χ2n) is 9.36. The van der Waals surface area contributed by atoms with Gasteiger partial charge in [-0.2, -0.15) is 0 Å². The Labute approximate surface area is 193 Å². The smallest absolute Gasteiger partial charge is 0.133 e. The molecule has 2 aliphatic carbocycles. The van der Waals surface area contributed by atoms with E-state index in [9.17, 15) is 0 Å². The first-order chi connectivity index (χ1) is 15.1. The normalized spacial score (nSPS) is 42.0. The van der Waals surface area contributed by atoms with Crippen LogP contribution in [0.1, 0.15) is 44.0 Å². The maximum Gasteiger partial charge on any atom is 0.133 e. The van der Waals surface area contributed by atoms with E-state index in [1.807, 2.05) is 43.4 Å². The van der Waals surface area contributed by atoms with Gasteiger partial charge in [0.25, 0.3) is 0 Å². The van der Waals surface area contributed by atoms with Gasteiger partial charge in [0.05, 0.1) is 20.9 Å². The van der Waals surface area contributed by atoms with Gasteiger partial charge in [-0.15, -0.1) is 23.5 Å². The van der Waals surface area contributed by atoms with E-state index >= 15 is 0 Å². The van der Waals surface area contributed by atoms with Gasteiger partial charge in [-0.05, 0) is 61.9 Å². The lowest BCUT2D eigenvalue weighted by Crippen LogP contribution is -2.41. The zero-order valence-electron chi connectivity index (χ0n) is 18.0. The van der Waals surface area contributed by atoms with E-state index in [4.69, 9.17) is 14.7 Å². The van der Waals surface area contributed by atoms with Crippen LogP contribution in [0.2, 0.25) is 0 Å². The fourth-order valence-corrected chi connectivity index (χ4v) is 10.4. The molecule has 0 spiro atoms. The quantitative estimate of drug-likeness (QED) is 0.499. The van der Waals surface area contributed by atoms with Crippen LogP contribution in [0.3, 0.4) is 0 Å². The molecule has 4 bridgehead atoms. The molecule has 31 heavy (non-hydrogen) atoms. The van der Waals surface area contributed by atoms with Gasteiger partial charge in [0.1, 0.15) is 4.93 Å². The molecule has 0 N–H and O–H groups in total. The Morgan fingerprint density at radius 2 is 1.55 bits per heavy atom. The molecule has 2 aliphatic heterocycles. The van der Waals surface area contributed by atoms with E-state index in [1.165, 1.54) is 17.8 Å². The van der Waals surface area contributed by atoms with Gasteiger partial charge in [0.15, 0.2) is 0 Å². The molecule has 6 unspecified atom stereocenters. The van der Waals surface area contributed by atoms with Gasteiger partial charge < -0.3 is 4.74 Å². The fourth-order valence-electron chi connectivity index (χ4n) is 6.26. The lowest BCUT2D eigenvalue weighted by atomic mass is 9.74. The maximum absolute atomic E-state index is 6.08. The fraction of sp³-hybridized carbons (Fsp3) is 0.462. The van der Waals surface area contributed by atoms with Crippen molar-refractivity contribution in [3.63, 3.8) is 0 Å². The molecular weight excluding hydrogens is 420 g/mol. The predicted octanol–water partition coefficient (Wildman–Crippen LogP) is 6.09. The van der Waals surface area contributed by atoms with Gasteiger partial charge in [0.2, 0.25) is 0 Å². The van der Waals surface area contributed by atoms with Crippen molar-refractivity contribution in [1.29, 1.82) is 0 Å². The lowest BCUT2D eigenvalue weighted by molar-refractivity contribution is 0.110. The largest absolute Gasteiger partial charge is 0.364 e. The number of rotatable bonds is 6. The molecule has 0 radical (unpaired) electrons. The molecule has 6 rings (SSSR count). The molecule has 0 saturated carbocycles. The second kappa shape index (κ2) is 6.97. The molecule has 2 aromatic heterocycles. The summed E-state index contributed by atoms with van der Waals surface area (Å²) in [6, 6.07) is 12.8. The Balaban J connectivity index is 1.51. The van der Waals surface area contributed by atoms with E-state index in [0.29, 0.717) is 11.8 Å². The number of fused-ring (bicyclic) bond motifs is 4. The van der Waals surface area contributed by atoms with Crippen molar-refractivity contribution in [1.82, 2.24) is 9.97 Å². The Kier molecular flexibility index (Phi) is 4.51. The Morgan fingerprint density at radius 3 is 2.10 bits per heavy atom. The molecule has 2 saturated heterocycles. The van der Waals surface area contributed by atoms with Crippen LogP contribution < -0.4 is 0 Å². The van der Waals surface area contributed by atoms with Crippen LogP contribution in [0.25, 0.3) is 0 Å². The molecular formula is C26H28N2OS2. The first-order valence-corrected chi connectivity index (χ1v) is 12.9. The molecule has 5 heteroatoms. The van der Waals surface area contributed by atoms with E-state index in [2.05, 4.69) is 67.3 Å². The van der Waals surface area contributed by atoms with Crippen molar-refractivity contribution in [2.45, 2.75) is 51.8 Å². The summed E-state index contributed by atoms with van der Waals surface area (Å²) < 4.78 is 6.14. The average molecular weight is 449 g/mol. The third-order valence-corrected chi connectivity index (χ3v) is 11.7. The number of methoxy groups -OCH3 is 1. The average Bonchev–Trinajstić information content (AvgIpc) is 3.59. The van der Waals surface area contributed by atoms with Crippen LogP contribution in [-0.2, 0) is 14.2 Å².